The van der Waals surface area contributed by atoms with Crippen LogP contribution in [0.3, 0.4) is 0 Å². The minimum Gasteiger partial charge on any atom is -0.356 e. The van der Waals surface area contributed by atoms with E-state index in [9.17, 15) is 9.59 Å². The molecule has 0 rings (SSSR count). The second-order valence-electron chi connectivity index (χ2n) is 6.98. The largest absolute Gasteiger partial charge is 0.356 e. The molecule has 0 aliphatic rings. The average molecular weight is 286 g/mol. The smallest absolute Gasteiger partial charge is 0.248 e. The topological polar surface area (TPSA) is 67.4 Å². The Kier molecular flexibility index (Phi) is 7.79. The Morgan fingerprint density at radius 2 is 1.65 bits per heavy atom. The van der Waals surface area contributed by atoms with Crippen LogP contribution in [0.1, 0.15) is 48.5 Å². The van der Waals surface area contributed by atoms with Gasteiger partial charge in [0.1, 0.15) is 0 Å². The van der Waals surface area contributed by atoms with Crippen molar-refractivity contribution in [2.24, 2.45) is 23.2 Å². The van der Waals surface area contributed by atoms with Crippen LogP contribution >= 0.6 is 0 Å². The maximum absolute atomic E-state index is 12.1. The van der Waals surface area contributed by atoms with Crippen molar-refractivity contribution in [1.82, 2.24) is 10.8 Å². The van der Waals surface area contributed by atoms with Crippen molar-refractivity contribution in [3.8, 4) is 0 Å². The van der Waals surface area contributed by atoms with E-state index in [1.54, 1.807) is 20.8 Å². The molecule has 20 heavy (non-hydrogen) atoms. The van der Waals surface area contributed by atoms with E-state index in [0.29, 0.717) is 12.5 Å². The number of hydrogen-bond acceptors (Lipinski definition) is 3. The van der Waals surface area contributed by atoms with E-state index in [1.165, 1.54) is 0 Å². The molecule has 0 aromatic heterocycles. The highest BCUT2D eigenvalue weighted by Gasteiger charge is 2.25. The fraction of sp³-hybridized carbons (Fsp3) is 0.867. The first-order valence-electron chi connectivity index (χ1n) is 7.25. The van der Waals surface area contributed by atoms with Gasteiger partial charge in [0.2, 0.25) is 11.8 Å². The molecular weight excluding hydrogens is 256 g/mol. The molecule has 0 saturated carbocycles. The number of hydroxylamine groups is 1. The lowest BCUT2D eigenvalue weighted by molar-refractivity contribution is -0.146. The fourth-order valence-electron chi connectivity index (χ4n) is 1.36. The number of rotatable bonds is 7. The molecule has 1 atom stereocenters. The molecule has 0 aliphatic heterocycles. The first kappa shape index (κ1) is 18.9. The van der Waals surface area contributed by atoms with Gasteiger partial charge in [-0.2, -0.15) is 0 Å². The van der Waals surface area contributed by atoms with Gasteiger partial charge < -0.3 is 5.32 Å². The molecule has 0 bridgehead atoms. The molecule has 1 unspecified atom stereocenters. The van der Waals surface area contributed by atoms with E-state index in [4.69, 9.17) is 4.84 Å². The Balaban J connectivity index is 4.29. The highest BCUT2D eigenvalue weighted by molar-refractivity contribution is 5.80. The first-order valence-corrected chi connectivity index (χ1v) is 7.25. The van der Waals surface area contributed by atoms with Crippen molar-refractivity contribution in [2.45, 2.75) is 48.5 Å². The predicted molar refractivity (Wildman–Crippen MR) is 79.7 cm³/mol. The summed E-state index contributed by atoms with van der Waals surface area (Å²) in [7, 11) is 0. The second kappa shape index (κ2) is 8.25. The standard InChI is InChI=1S/C15H30N2O3/c1-10(2)8-16-13(18)12(11(3)4)9-20-17-14(19)15(5,6)7/h10-12H,8-9H2,1-7H3,(H,16,18)(H,17,19). The van der Waals surface area contributed by atoms with Gasteiger partial charge in [0, 0.05) is 12.0 Å². The van der Waals surface area contributed by atoms with Gasteiger partial charge in [-0.05, 0) is 11.8 Å². The maximum Gasteiger partial charge on any atom is 0.248 e. The van der Waals surface area contributed by atoms with Gasteiger partial charge in [-0.3, -0.25) is 14.4 Å². The van der Waals surface area contributed by atoms with E-state index < -0.39 is 5.41 Å². The SMILES string of the molecule is CC(C)CNC(=O)C(CONC(=O)C(C)(C)C)C(C)C. The van der Waals surface area contributed by atoms with Crippen molar-refractivity contribution >= 4 is 11.8 Å². The summed E-state index contributed by atoms with van der Waals surface area (Å²) in [5.74, 6) is 0.0669. The number of carbonyl (C=O) groups is 2. The Morgan fingerprint density at radius 3 is 2.05 bits per heavy atom. The van der Waals surface area contributed by atoms with Gasteiger partial charge in [0.05, 0.1) is 12.5 Å². The van der Waals surface area contributed by atoms with Crippen LogP contribution in [0.15, 0.2) is 0 Å². The predicted octanol–water partition coefficient (Wildman–Crippen LogP) is 2.12. The van der Waals surface area contributed by atoms with E-state index in [1.807, 2.05) is 27.7 Å². The van der Waals surface area contributed by atoms with Crippen molar-refractivity contribution in [3.63, 3.8) is 0 Å². The molecule has 2 N–H and O–H groups in total. The molecule has 0 aliphatic carbocycles. The third-order valence-electron chi connectivity index (χ3n) is 2.93. The molecular formula is C15H30N2O3. The third-order valence-corrected chi connectivity index (χ3v) is 2.93. The van der Waals surface area contributed by atoms with Gasteiger partial charge in [0.15, 0.2) is 0 Å². The zero-order valence-electron chi connectivity index (χ0n) is 13.9. The van der Waals surface area contributed by atoms with Gasteiger partial charge >= 0.3 is 0 Å². The molecule has 0 aromatic rings. The van der Waals surface area contributed by atoms with E-state index in [2.05, 4.69) is 10.8 Å². The van der Waals surface area contributed by atoms with Crippen molar-refractivity contribution in [1.29, 1.82) is 0 Å². The fourth-order valence-corrected chi connectivity index (χ4v) is 1.36. The Morgan fingerprint density at radius 1 is 1.10 bits per heavy atom. The van der Waals surface area contributed by atoms with Gasteiger partial charge in [-0.25, -0.2) is 5.48 Å². The molecule has 118 valence electrons. The summed E-state index contributed by atoms with van der Waals surface area (Å²) in [6.07, 6.45) is 0. The maximum atomic E-state index is 12.1. The quantitative estimate of drug-likeness (QED) is 0.704. The summed E-state index contributed by atoms with van der Waals surface area (Å²) in [5.41, 5.74) is 1.90. The van der Waals surface area contributed by atoms with Crippen molar-refractivity contribution in [2.75, 3.05) is 13.2 Å². The molecule has 5 heteroatoms. The Hall–Kier alpha value is -1.10. The lowest BCUT2D eigenvalue weighted by atomic mass is 9.95. The summed E-state index contributed by atoms with van der Waals surface area (Å²) >= 11 is 0. The number of amides is 2. The molecule has 0 radical (unpaired) electrons. The number of carbonyl (C=O) groups excluding carboxylic acids is 2. The normalized spacial score (nSPS) is 13.4. The van der Waals surface area contributed by atoms with Crippen LogP contribution in [0.2, 0.25) is 0 Å². The zero-order valence-corrected chi connectivity index (χ0v) is 13.9. The third kappa shape index (κ3) is 7.48. The molecule has 0 aromatic carbocycles. The van der Waals surface area contributed by atoms with Crippen LogP contribution in [-0.4, -0.2) is 25.0 Å². The summed E-state index contributed by atoms with van der Waals surface area (Å²) < 4.78 is 0. The van der Waals surface area contributed by atoms with E-state index in [-0.39, 0.29) is 30.3 Å². The molecule has 0 spiro atoms. The lowest BCUT2D eigenvalue weighted by Crippen LogP contribution is -2.41. The minimum absolute atomic E-state index is 0.0290. The average Bonchev–Trinajstić information content (AvgIpc) is 2.29. The molecule has 0 saturated heterocycles. The second-order valence-corrected chi connectivity index (χ2v) is 6.98. The summed E-state index contributed by atoms with van der Waals surface area (Å²) in [4.78, 5) is 28.9. The molecule has 0 heterocycles. The van der Waals surface area contributed by atoms with Crippen LogP contribution < -0.4 is 10.8 Å². The van der Waals surface area contributed by atoms with Gasteiger partial charge in [-0.1, -0.05) is 48.5 Å². The van der Waals surface area contributed by atoms with Crippen molar-refractivity contribution < 1.29 is 14.4 Å². The van der Waals surface area contributed by atoms with E-state index in [0.717, 1.165) is 0 Å². The Labute approximate surface area is 122 Å². The molecule has 0 fully saturated rings. The minimum atomic E-state index is -0.507. The van der Waals surface area contributed by atoms with Crippen LogP contribution in [0.5, 0.6) is 0 Å². The number of hydrogen-bond donors (Lipinski definition) is 2. The van der Waals surface area contributed by atoms with Gasteiger partial charge in [0.25, 0.3) is 0 Å². The van der Waals surface area contributed by atoms with Crippen molar-refractivity contribution in [3.05, 3.63) is 0 Å². The number of nitrogens with one attached hydrogen (secondary N) is 2. The highest BCUT2D eigenvalue weighted by atomic mass is 16.7. The summed E-state index contributed by atoms with van der Waals surface area (Å²) in [5, 5.41) is 2.90. The molecule has 5 nitrogen and oxygen atoms in total. The highest BCUT2D eigenvalue weighted by Crippen LogP contribution is 2.14. The van der Waals surface area contributed by atoms with Crippen LogP contribution in [0, 0.1) is 23.2 Å². The van der Waals surface area contributed by atoms with E-state index >= 15 is 0 Å². The van der Waals surface area contributed by atoms with Gasteiger partial charge in [-0.15, -0.1) is 0 Å². The monoisotopic (exact) mass is 286 g/mol. The summed E-state index contributed by atoms with van der Waals surface area (Å²) in [6.45, 7) is 14.3. The molecule has 2 amide bonds. The summed E-state index contributed by atoms with van der Waals surface area (Å²) in [6, 6.07) is 0. The van der Waals surface area contributed by atoms with Crippen LogP contribution in [0.4, 0.5) is 0 Å². The lowest BCUT2D eigenvalue weighted by Gasteiger charge is -2.22. The first-order chi connectivity index (χ1) is 9.05. The van der Waals surface area contributed by atoms with Crippen LogP contribution in [0.25, 0.3) is 0 Å². The zero-order chi connectivity index (χ0) is 15.9. The van der Waals surface area contributed by atoms with Crippen LogP contribution in [-0.2, 0) is 14.4 Å². The Bertz CT molecular complexity index is 320.